The van der Waals surface area contributed by atoms with Crippen molar-refractivity contribution in [3.8, 4) is 34.8 Å². The number of benzene rings is 3. The van der Waals surface area contributed by atoms with Crippen LogP contribution in [0.15, 0.2) is 88.1 Å². The predicted molar refractivity (Wildman–Crippen MR) is 221 cm³/mol. The minimum Gasteiger partial charge on any atom is -0.454 e. The molecule has 0 bridgehead atoms. The fourth-order valence-corrected chi connectivity index (χ4v) is 10.9. The van der Waals surface area contributed by atoms with Crippen LogP contribution in [0.4, 0.5) is 0 Å². The van der Waals surface area contributed by atoms with Crippen molar-refractivity contribution >= 4 is 23.9 Å². The summed E-state index contributed by atoms with van der Waals surface area (Å²) in [4.78, 5) is 58.2. The van der Waals surface area contributed by atoms with E-state index in [0.29, 0.717) is 52.5 Å². The molecule has 0 N–H and O–H groups in total. The lowest BCUT2D eigenvalue weighted by atomic mass is 9.73. The average molecular weight is 867 g/mol. The Balaban J connectivity index is 0.707. The number of ether oxygens (including phenoxy) is 8. The Morgan fingerprint density at radius 2 is 1.31 bits per heavy atom. The third-order valence-corrected chi connectivity index (χ3v) is 14.0. The van der Waals surface area contributed by atoms with Crippen molar-refractivity contribution in [2.75, 3.05) is 34.0 Å². The van der Waals surface area contributed by atoms with Gasteiger partial charge in [0.05, 0.1) is 23.1 Å². The molecule has 3 aromatic rings. The van der Waals surface area contributed by atoms with Crippen molar-refractivity contribution in [3.63, 3.8) is 0 Å². The third kappa shape index (κ3) is 6.43. The van der Waals surface area contributed by atoms with Crippen molar-refractivity contribution in [3.05, 3.63) is 106 Å². The van der Waals surface area contributed by atoms with Crippen LogP contribution in [0.3, 0.4) is 0 Å². The summed E-state index contributed by atoms with van der Waals surface area (Å²) in [5.41, 5.74) is 4.04. The molecule has 64 heavy (non-hydrogen) atoms. The number of esters is 4. The number of likely N-dealkylation sites (N-methyl/N-ethyl adjacent to an activating group) is 2. The normalized spacial score (nSPS) is 30.4. The number of likely N-dealkylation sites (tertiary alicyclic amines) is 2. The van der Waals surface area contributed by atoms with Crippen LogP contribution in [0.2, 0.25) is 0 Å². The van der Waals surface area contributed by atoms with Gasteiger partial charge in [-0.15, -0.1) is 0 Å². The minimum atomic E-state index is -0.971. The first kappa shape index (κ1) is 38.9. The summed E-state index contributed by atoms with van der Waals surface area (Å²) in [6, 6.07) is 15.7. The molecule has 2 aliphatic carbocycles. The van der Waals surface area contributed by atoms with E-state index in [1.165, 1.54) is 0 Å². The molecule has 2 saturated heterocycles. The topological polar surface area (TPSA) is 173 Å². The van der Waals surface area contributed by atoms with Gasteiger partial charge < -0.3 is 37.9 Å². The summed E-state index contributed by atoms with van der Waals surface area (Å²) >= 11 is 0. The van der Waals surface area contributed by atoms with Gasteiger partial charge in [0.25, 0.3) is 0 Å². The van der Waals surface area contributed by atoms with E-state index >= 15 is 0 Å². The first-order chi connectivity index (χ1) is 31.1. The lowest BCUT2D eigenvalue weighted by molar-refractivity contribution is -0.155. The second-order valence-corrected chi connectivity index (χ2v) is 17.7. The number of nitrogens with zero attached hydrogens (tertiary/aromatic N) is 4. The van der Waals surface area contributed by atoms with E-state index in [1.807, 2.05) is 44.4 Å². The van der Waals surface area contributed by atoms with Crippen molar-refractivity contribution in [1.82, 2.24) is 9.80 Å². The van der Waals surface area contributed by atoms with Gasteiger partial charge in [-0.25, -0.2) is 14.4 Å². The molecule has 3 aromatic carbocycles. The number of rotatable bonds is 7. The first-order valence-electron chi connectivity index (χ1n) is 21.7. The van der Waals surface area contributed by atoms with Crippen LogP contribution in [0.1, 0.15) is 86.1 Å². The highest BCUT2D eigenvalue weighted by atomic mass is 16.7. The molecule has 0 saturated carbocycles. The highest BCUT2D eigenvalue weighted by Gasteiger charge is 2.54. The molecule has 0 aromatic heterocycles. The second kappa shape index (κ2) is 14.7. The maximum Gasteiger partial charge on any atom is 0.339 e. The Morgan fingerprint density at radius 3 is 1.94 bits per heavy atom. The maximum atomic E-state index is 13.6. The van der Waals surface area contributed by atoms with E-state index < -0.39 is 60.2 Å². The monoisotopic (exact) mass is 866 g/mol. The molecular weight excluding hydrogens is 825 g/mol. The van der Waals surface area contributed by atoms with E-state index in [1.54, 1.807) is 36.4 Å². The smallest absolute Gasteiger partial charge is 0.339 e. The fourth-order valence-electron chi connectivity index (χ4n) is 10.9. The van der Waals surface area contributed by atoms with Crippen molar-refractivity contribution in [2.24, 2.45) is 10.2 Å². The standard InChI is InChI=1S/C48H42N4O12/c1-51-14-11-25-16-35(43-39(41(25)51)27-18-31-32(58-23-57-31)20-29(27)46(55)63-43)59-37(53)22-48(49-50-48)13-7-6-10-38-60-33-19-28-30(21-34(33)61-38)47(56)64-44-36(62-45(54)24-8-4-3-5-9-24)17-26-12-15-52(2)42(26)40(28)44/h3-5,8-9,16-21,35-36,38-44H,7,11-15,22-23H2,1-2H3/t35-,36-,38?,39-,40-,41+,42+,43+,44+/m0/s1. The molecule has 0 spiro atoms. The van der Waals surface area contributed by atoms with E-state index in [-0.39, 0.29) is 37.1 Å². The minimum absolute atomic E-state index is 0.0249. The Morgan fingerprint density at radius 1 is 0.750 bits per heavy atom. The summed E-state index contributed by atoms with van der Waals surface area (Å²) in [5, 5.41) is 8.44. The summed E-state index contributed by atoms with van der Waals surface area (Å²) in [5.74, 6) is 5.37. The van der Waals surface area contributed by atoms with Gasteiger partial charge in [-0.3, -0.25) is 14.6 Å². The lowest BCUT2D eigenvalue weighted by Crippen LogP contribution is -2.52. The quantitative estimate of drug-likeness (QED) is 0.131. The second-order valence-electron chi connectivity index (χ2n) is 17.7. The summed E-state index contributed by atoms with van der Waals surface area (Å²) < 4.78 is 47.6. The molecule has 7 heterocycles. The molecule has 16 nitrogen and oxygen atoms in total. The summed E-state index contributed by atoms with van der Waals surface area (Å²) in [7, 11) is 4.09. The molecule has 7 aliphatic heterocycles. The van der Waals surface area contributed by atoms with Crippen molar-refractivity contribution in [2.45, 2.75) is 92.4 Å². The molecule has 2 fully saturated rings. The maximum absolute atomic E-state index is 13.6. The van der Waals surface area contributed by atoms with Crippen LogP contribution < -0.4 is 18.9 Å². The molecule has 1 unspecified atom stereocenters. The van der Waals surface area contributed by atoms with E-state index in [0.717, 1.165) is 48.2 Å². The molecule has 9 aliphatic rings. The molecular formula is C48H42N4O12. The van der Waals surface area contributed by atoms with Crippen LogP contribution in [0.25, 0.3) is 0 Å². The zero-order valence-corrected chi connectivity index (χ0v) is 34.9. The van der Waals surface area contributed by atoms with Gasteiger partial charge in [0, 0.05) is 49.9 Å². The Hall–Kier alpha value is -6.70. The molecule has 12 rings (SSSR count). The average Bonchev–Trinajstić information content (AvgIpc) is 3.65. The van der Waals surface area contributed by atoms with Crippen LogP contribution in [0.5, 0.6) is 23.0 Å². The number of carbonyl (C=O) groups is 4. The SMILES string of the molecule is CN1CCC2=C[C@H](OC(=O)CC3(CCC#CC4Oc5cc6c(cc5O4)[C@@H]4[C@H](OC6=O)[C@@H](OC(=O)c5ccccc5)C=C5CCN(C)[C@H]54)N=N3)[C@H]3OC(=O)c4cc5c(cc4[C@H]3[C@@H]21)OCO5. The van der Waals surface area contributed by atoms with Gasteiger partial charge in [-0.05, 0) is 92.5 Å². The number of carbonyl (C=O) groups excluding carboxylic acids is 4. The summed E-state index contributed by atoms with van der Waals surface area (Å²) in [6.45, 7) is 1.71. The lowest BCUT2D eigenvalue weighted by Gasteiger charge is -2.44. The Kier molecular flexibility index (Phi) is 8.93. The van der Waals surface area contributed by atoms with Gasteiger partial charge in [0.2, 0.25) is 12.5 Å². The van der Waals surface area contributed by atoms with E-state index in [9.17, 15) is 19.2 Å². The number of hydrogen-bond acceptors (Lipinski definition) is 16. The fraction of sp³-hybridized carbons (Fsp3) is 0.417. The first-order valence-corrected chi connectivity index (χ1v) is 21.7. The summed E-state index contributed by atoms with van der Waals surface area (Å²) in [6.07, 6.45) is 2.11. The number of fused-ring (bicyclic) bond motifs is 12. The van der Waals surface area contributed by atoms with Crippen LogP contribution >= 0.6 is 0 Å². The highest BCUT2D eigenvalue weighted by Crippen LogP contribution is 2.52. The molecule has 9 atom stereocenters. The number of hydrogen-bond donors (Lipinski definition) is 0. The van der Waals surface area contributed by atoms with Gasteiger partial charge in [-0.2, -0.15) is 10.2 Å². The van der Waals surface area contributed by atoms with Crippen LogP contribution in [-0.2, 0) is 23.7 Å². The van der Waals surface area contributed by atoms with Gasteiger partial charge in [-0.1, -0.05) is 35.3 Å². The van der Waals surface area contributed by atoms with Gasteiger partial charge in [0.1, 0.15) is 0 Å². The Bertz CT molecular complexity index is 2700. The molecule has 16 heteroatoms. The van der Waals surface area contributed by atoms with Gasteiger partial charge in [0.15, 0.2) is 47.4 Å². The van der Waals surface area contributed by atoms with Crippen molar-refractivity contribution < 1.29 is 57.1 Å². The Labute approximate surface area is 367 Å². The largest absolute Gasteiger partial charge is 0.454 e. The van der Waals surface area contributed by atoms with Gasteiger partial charge >= 0.3 is 30.2 Å². The predicted octanol–water partition coefficient (Wildman–Crippen LogP) is 5.22. The van der Waals surface area contributed by atoms with Crippen molar-refractivity contribution in [1.29, 1.82) is 0 Å². The zero-order chi connectivity index (χ0) is 43.4. The van der Waals surface area contributed by atoms with E-state index in [2.05, 4.69) is 31.9 Å². The highest BCUT2D eigenvalue weighted by molar-refractivity contribution is 5.95. The third-order valence-electron chi connectivity index (χ3n) is 14.0. The van der Waals surface area contributed by atoms with Crippen LogP contribution in [0, 0.1) is 11.8 Å². The van der Waals surface area contributed by atoms with E-state index in [4.69, 9.17) is 37.9 Å². The van der Waals surface area contributed by atoms with Crippen LogP contribution in [-0.4, -0.2) is 116 Å². The molecule has 326 valence electrons. The molecule has 0 radical (unpaired) electrons. The zero-order valence-electron chi connectivity index (χ0n) is 34.9. The molecule has 0 amide bonds.